The van der Waals surface area contributed by atoms with Gasteiger partial charge in [0.2, 0.25) is 0 Å². The Morgan fingerprint density at radius 3 is 2.51 bits per heavy atom. The summed E-state index contributed by atoms with van der Waals surface area (Å²) in [6, 6.07) is 23.4. The molecule has 0 unspecified atom stereocenters. The Bertz CT molecular complexity index is 1540. The highest BCUT2D eigenvalue weighted by atomic mass is 35.5. The Morgan fingerprint density at radius 2 is 1.73 bits per heavy atom. The molecule has 0 spiro atoms. The van der Waals surface area contributed by atoms with Crippen molar-refractivity contribution in [3.05, 3.63) is 101 Å². The number of carbonyl (C=O) groups excluding carboxylic acids is 2. The predicted octanol–water partition coefficient (Wildman–Crippen LogP) is 6.48. The molecule has 2 amide bonds. The number of carbonyl (C=O) groups is 2. The van der Waals surface area contributed by atoms with Crippen LogP contribution in [0.3, 0.4) is 0 Å². The smallest absolute Gasteiger partial charge is 0.270 e. The number of thioether (sulfide) groups is 1. The van der Waals surface area contributed by atoms with Crippen molar-refractivity contribution in [1.82, 2.24) is 9.88 Å². The van der Waals surface area contributed by atoms with Crippen LogP contribution in [0.15, 0.2) is 89.5 Å². The number of thiocarbonyl (C=S) groups is 1. The van der Waals surface area contributed by atoms with Gasteiger partial charge in [0.1, 0.15) is 5.57 Å². The van der Waals surface area contributed by atoms with Crippen molar-refractivity contribution in [2.24, 2.45) is 0 Å². The van der Waals surface area contributed by atoms with Gasteiger partial charge in [-0.15, -0.1) is 11.8 Å². The van der Waals surface area contributed by atoms with Crippen molar-refractivity contribution in [2.75, 3.05) is 10.7 Å². The highest BCUT2D eigenvalue weighted by Crippen LogP contribution is 2.29. The molecule has 0 radical (unpaired) electrons. The molecule has 0 aliphatic carbocycles. The first-order valence-electron chi connectivity index (χ1n) is 11.9. The molecule has 1 saturated heterocycles. The molecule has 1 aromatic heterocycles. The maximum Gasteiger partial charge on any atom is 0.270 e. The van der Waals surface area contributed by atoms with E-state index in [1.807, 2.05) is 85.9 Å². The highest BCUT2D eigenvalue weighted by Gasteiger charge is 2.35. The topological polar surface area (TPSA) is 54.3 Å². The van der Waals surface area contributed by atoms with Crippen LogP contribution >= 0.6 is 35.6 Å². The Kier molecular flexibility index (Phi) is 7.46. The van der Waals surface area contributed by atoms with Crippen LogP contribution in [-0.2, 0) is 22.6 Å². The molecule has 1 N–H and O–H groups in total. The van der Waals surface area contributed by atoms with Crippen LogP contribution < -0.4 is 10.2 Å². The molecule has 1 aliphatic rings. The third kappa shape index (κ3) is 5.21. The number of hydrogen-bond donors (Lipinski definition) is 1. The van der Waals surface area contributed by atoms with Crippen molar-refractivity contribution >= 4 is 75.2 Å². The van der Waals surface area contributed by atoms with Crippen LogP contribution in [0.5, 0.6) is 0 Å². The Hall–Kier alpha value is -3.39. The minimum atomic E-state index is -0.490. The molecule has 5 nitrogen and oxygen atoms in total. The first-order valence-corrected chi connectivity index (χ1v) is 13.7. The number of aromatic nitrogens is 1. The third-order valence-corrected chi connectivity index (χ3v) is 7.78. The summed E-state index contributed by atoms with van der Waals surface area (Å²) in [5, 5.41) is 4.49. The maximum absolute atomic E-state index is 13.6. The van der Waals surface area contributed by atoms with Crippen LogP contribution in [0, 0.1) is 0 Å². The molecule has 5 rings (SSSR count). The molecule has 186 valence electrons. The number of amides is 2. The van der Waals surface area contributed by atoms with E-state index in [2.05, 4.69) is 9.88 Å². The average molecular weight is 546 g/mol. The van der Waals surface area contributed by atoms with E-state index < -0.39 is 11.8 Å². The monoisotopic (exact) mass is 545 g/mol. The number of anilines is 1. The second kappa shape index (κ2) is 10.9. The molecule has 8 heteroatoms. The quantitative estimate of drug-likeness (QED) is 0.125. The lowest BCUT2D eigenvalue weighted by Gasteiger charge is -2.30. The molecule has 0 atom stereocenters. The number of halogens is 1. The Labute approximate surface area is 230 Å². The van der Waals surface area contributed by atoms with Crippen molar-refractivity contribution in [1.29, 1.82) is 0 Å². The van der Waals surface area contributed by atoms with E-state index in [1.165, 1.54) is 4.90 Å². The van der Waals surface area contributed by atoms with Crippen LogP contribution in [0.2, 0.25) is 5.02 Å². The van der Waals surface area contributed by atoms with Gasteiger partial charge in [-0.05, 0) is 66.7 Å². The van der Waals surface area contributed by atoms with E-state index in [0.717, 1.165) is 50.7 Å². The number of aryl methyl sites for hydroxylation is 2. The van der Waals surface area contributed by atoms with Crippen molar-refractivity contribution in [3.63, 3.8) is 0 Å². The summed E-state index contributed by atoms with van der Waals surface area (Å²) < 4.78 is 2.16. The fraction of sp³-hybridized carbons (Fsp3) is 0.138. The zero-order valence-electron chi connectivity index (χ0n) is 20.1. The van der Waals surface area contributed by atoms with E-state index >= 15 is 0 Å². The minimum Gasteiger partial charge on any atom is -0.346 e. The third-order valence-electron chi connectivity index (χ3n) is 6.25. The standard InChI is InChI=1S/C29H24ClN3O2S2/c1-2-19-7-3-5-9-25(19)33-28(35)24(27(34)31-29(33)36)17-20-18-32(26-10-6-4-8-23(20)26)15-16-37-22-13-11-21(30)12-14-22/h3-14,17-18H,2,15-16H2,1H3,(H,31,34,36)/b24-17+. The van der Waals surface area contributed by atoms with E-state index in [-0.39, 0.29) is 10.7 Å². The lowest BCUT2D eigenvalue weighted by atomic mass is 10.0. The number of rotatable bonds is 7. The second-order valence-electron chi connectivity index (χ2n) is 8.54. The summed E-state index contributed by atoms with van der Waals surface area (Å²) >= 11 is 13.1. The van der Waals surface area contributed by atoms with Gasteiger partial charge >= 0.3 is 0 Å². The first kappa shape index (κ1) is 25.3. The Balaban J connectivity index is 1.46. The fourth-order valence-electron chi connectivity index (χ4n) is 4.43. The van der Waals surface area contributed by atoms with Crippen molar-refractivity contribution in [3.8, 4) is 0 Å². The van der Waals surface area contributed by atoms with E-state index in [1.54, 1.807) is 17.8 Å². The highest BCUT2D eigenvalue weighted by molar-refractivity contribution is 7.99. The SMILES string of the molecule is CCc1ccccc1N1C(=O)/C(=C/c2cn(CCSc3ccc(Cl)cc3)c3ccccc23)C(=O)NC1=S. The van der Waals surface area contributed by atoms with Crippen LogP contribution in [0.4, 0.5) is 5.69 Å². The number of nitrogens with zero attached hydrogens (tertiary/aromatic N) is 2. The molecule has 0 saturated carbocycles. The first-order chi connectivity index (χ1) is 18.0. The van der Waals surface area contributed by atoms with Gasteiger partial charge in [-0.1, -0.05) is 54.9 Å². The summed E-state index contributed by atoms with van der Waals surface area (Å²) in [5.74, 6) is -0.0638. The number of para-hydroxylation sites is 2. The number of benzene rings is 3. The predicted molar refractivity (Wildman–Crippen MR) is 156 cm³/mol. The summed E-state index contributed by atoms with van der Waals surface area (Å²) in [7, 11) is 0. The fourth-order valence-corrected chi connectivity index (χ4v) is 5.68. The largest absolute Gasteiger partial charge is 0.346 e. The Morgan fingerprint density at radius 1 is 1.00 bits per heavy atom. The molecule has 1 aliphatic heterocycles. The summed E-state index contributed by atoms with van der Waals surface area (Å²) in [6.45, 7) is 2.78. The number of fused-ring (bicyclic) bond motifs is 1. The van der Waals surface area contributed by atoms with E-state index in [4.69, 9.17) is 23.8 Å². The van der Waals surface area contributed by atoms with Gasteiger partial charge in [-0.3, -0.25) is 19.8 Å². The van der Waals surface area contributed by atoms with Gasteiger partial charge in [0.25, 0.3) is 11.8 Å². The summed E-state index contributed by atoms with van der Waals surface area (Å²) in [6.07, 6.45) is 4.40. The van der Waals surface area contributed by atoms with E-state index in [9.17, 15) is 9.59 Å². The van der Waals surface area contributed by atoms with Crippen LogP contribution in [-0.4, -0.2) is 27.2 Å². The van der Waals surface area contributed by atoms with Crippen LogP contribution in [0.25, 0.3) is 17.0 Å². The van der Waals surface area contributed by atoms with Crippen molar-refractivity contribution in [2.45, 2.75) is 24.8 Å². The molecule has 2 heterocycles. The van der Waals surface area contributed by atoms with Gasteiger partial charge in [0.15, 0.2) is 5.11 Å². The maximum atomic E-state index is 13.6. The zero-order valence-corrected chi connectivity index (χ0v) is 22.5. The second-order valence-corrected chi connectivity index (χ2v) is 10.5. The van der Waals surface area contributed by atoms with Crippen molar-refractivity contribution < 1.29 is 9.59 Å². The molecule has 1 fully saturated rings. The van der Waals surface area contributed by atoms with Gasteiger partial charge < -0.3 is 4.57 Å². The molecular formula is C29H24ClN3O2S2. The number of nitrogens with one attached hydrogen (secondary N) is 1. The number of hydrogen-bond acceptors (Lipinski definition) is 4. The summed E-state index contributed by atoms with van der Waals surface area (Å²) in [4.78, 5) is 29.1. The molecule has 37 heavy (non-hydrogen) atoms. The van der Waals surface area contributed by atoms with E-state index in [0.29, 0.717) is 5.69 Å². The lowest BCUT2D eigenvalue weighted by Crippen LogP contribution is -2.54. The van der Waals surface area contributed by atoms with Gasteiger partial charge in [0.05, 0.1) is 5.69 Å². The van der Waals surface area contributed by atoms with Gasteiger partial charge in [-0.25, -0.2) is 0 Å². The molecule has 3 aromatic carbocycles. The van der Waals surface area contributed by atoms with Gasteiger partial charge in [0, 0.05) is 44.9 Å². The molecular weight excluding hydrogens is 522 g/mol. The van der Waals surface area contributed by atoms with Crippen LogP contribution in [0.1, 0.15) is 18.1 Å². The molecule has 0 bridgehead atoms. The normalized spacial score (nSPS) is 15.0. The lowest BCUT2D eigenvalue weighted by molar-refractivity contribution is -0.122. The van der Waals surface area contributed by atoms with Gasteiger partial charge in [-0.2, -0.15) is 0 Å². The molecule has 4 aromatic rings. The summed E-state index contributed by atoms with van der Waals surface area (Å²) in [5.41, 5.74) is 3.56. The minimum absolute atomic E-state index is 0.0537. The average Bonchev–Trinajstić information content (AvgIpc) is 3.25. The zero-order chi connectivity index (χ0) is 25.9.